The van der Waals surface area contributed by atoms with Gasteiger partial charge in [0.15, 0.2) is 0 Å². The van der Waals surface area contributed by atoms with E-state index < -0.39 is 11.7 Å². The lowest BCUT2D eigenvalue weighted by atomic mass is 10.1. The van der Waals surface area contributed by atoms with Crippen molar-refractivity contribution >= 4 is 17.4 Å². The molecular weight excluding hydrogens is 285 g/mol. The molecule has 0 aliphatic carbocycles. The summed E-state index contributed by atoms with van der Waals surface area (Å²) in [6.07, 6.45) is -4.52. The van der Waals surface area contributed by atoms with E-state index in [-0.39, 0.29) is 5.56 Å². The van der Waals surface area contributed by atoms with Crippen molar-refractivity contribution in [2.75, 3.05) is 5.73 Å². The minimum atomic E-state index is -4.52. The third-order valence-electron chi connectivity index (χ3n) is 2.53. The number of nitrogen functional groups attached to an aromatic ring is 1. The average molecular weight is 294 g/mol. The number of alkyl halides is 3. The van der Waals surface area contributed by atoms with Gasteiger partial charge in [0.1, 0.15) is 0 Å². The van der Waals surface area contributed by atoms with E-state index in [9.17, 15) is 13.2 Å². The summed E-state index contributed by atoms with van der Waals surface area (Å²) in [5, 5.41) is 8.83. The molecule has 0 radical (unpaired) electrons. The van der Waals surface area contributed by atoms with Crippen LogP contribution in [-0.4, -0.2) is 0 Å². The Bertz CT molecular complexity index is 658. The molecule has 2 aromatic carbocycles. The second-order valence-corrected chi connectivity index (χ2v) is 5.13. The highest BCUT2D eigenvalue weighted by atomic mass is 32.2. The number of hydrogen-bond donors (Lipinski definition) is 1. The van der Waals surface area contributed by atoms with Crippen molar-refractivity contribution in [3.05, 3.63) is 53.6 Å². The molecule has 0 atom stereocenters. The van der Waals surface area contributed by atoms with Crippen LogP contribution in [0.5, 0.6) is 0 Å². The molecule has 0 bridgehead atoms. The molecule has 0 fully saturated rings. The Balaban J connectivity index is 2.31. The summed E-state index contributed by atoms with van der Waals surface area (Å²) in [4.78, 5) is 1.40. The van der Waals surface area contributed by atoms with Gasteiger partial charge in [-0.2, -0.15) is 18.4 Å². The van der Waals surface area contributed by atoms with Crippen LogP contribution in [0, 0.1) is 11.3 Å². The molecule has 0 aromatic heterocycles. The van der Waals surface area contributed by atoms with Crippen LogP contribution in [0.15, 0.2) is 52.3 Å². The van der Waals surface area contributed by atoms with E-state index in [0.29, 0.717) is 10.6 Å². The van der Waals surface area contributed by atoms with Gasteiger partial charge in [0, 0.05) is 15.5 Å². The summed E-state index contributed by atoms with van der Waals surface area (Å²) in [6.45, 7) is 0. The van der Waals surface area contributed by atoms with Crippen molar-refractivity contribution < 1.29 is 13.2 Å². The van der Waals surface area contributed by atoms with E-state index in [1.807, 2.05) is 0 Å². The van der Waals surface area contributed by atoms with Crippen LogP contribution >= 0.6 is 11.8 Å². The van der Waals surface area contributed by atoms with E-state index in [1.54, 1.807) is 30.3 Å². The van der Waals surface area contributed by atoms with Crippen LogP contribution < -0.4 is 5.73 Å². The average Bonchev–Trinajstić information content (AvgIpc) is 2.40. The standard InChI is InChI=1S/C14H9F3N2S/c15-14(16,17)13-6-5-12(7-9(13)8-18)20-11-3-1-10(19)2-4-11/h1-7H,19H2. The van der Waals surface area contributed by atoms with Crippen LogP contribution in [0.2, 0.25) is 0 Å². The number of halogens is 3. The SMILES string of the molecule is N#Cc1cc(Sc2ccc(N)cc2)ccc1C(F)(F)F. The number of anilines is 1. The van der Waals surface area contributed by atoms with Gasteiger partial charge in [-0.05, 0) is 42.5 Å². The van der Waals surface area contributed by atoms with Gasteiger partial charge in [-0.1, -0.05) is 11.8 Å². The summed E-state index contributed by atoms with van der Waals surface area (Å²) in [5.74, 6) is 0. The van der Waals surface area contributed by atoms with Crippen LogP contribution in [0.1, 0.15) is 11.1 Å². The molecule has 0 aliphatic heterocycles. The molecule has 0 amide bonds. The third-order valence-corrected chi connectivity index (χ3v) is 3.53. The summed E-state index contributed by atoms with van der Waals surface area (Å²) in [7, 11) is 0. The zero-order valence-electron chi connectivity index (χ0n) is 10.1. The zero-order chi connectivity index (χ0) is 14.8. The second kappa shape index (κ2) is 5.47. The van der Waals surface area contributed by atoms with E-state index in [1.165, 1.54) is 23.9 Å². The molecule has 0 aliphatic rings. The monoisotopic (exact) mass is 294 g/mol. The number of rotatable bonds is 2. The Morgan fingerprint density at radius 1 is 1.00 bits per heavy atom. The highest BCUT2D eigenvalue weighted by Crippen LogP contribution is 2.35. The molecule has 6 heteroatoms. The lowest BCUT2D eigenvalue weighted by Gasteiger charge is -2.10. The minimum absolute atomic E-state index is 0.377. The first-order valence-electron chi connectivity index (χ1n) is 5.55. The maximum Gasteiger partial charge on any atom is 0.417 e. The lowest BCUT2D eigenvalue weighted by molar-refractivity contribution is -0.137. The van der Waals surface area contributed by atoms with Crippen molar-refractivity contribution in [1.82, 2.24) is 0 Å². The highest BCUT2D eigenvalue weighted by Gasteiger charge is 2.33. The number of benzene rings is 2. The van der Waals surface area contributed by atoms with Gasteiger partial charge in [-0.3, -0.25) is 0 Å². The number of nitriles is 1. The van der Waals surface area contributed by atoms with Gasteiger partial charge in [-0.15, -0.1) is 0 Å². The van der Waals surface area contributed by atoms with Crippen molar-refractivity contribution in [3.8, 4) is 6.07 Å². The Kier molecular flexibility index (Phi) is 3.91. The minimum Gasteiger partial charge on any atom is -0.399 e. The topological polar surface area (TPSA) is 49.8 Å². The van der Waals surface area contributed by atoms with Gasteiger partial charge >= 0.3 is 6.18 Å². The van der Waals surface area contributed by atoms with Gasteiger partial charge in [0.2, 0.25) is 0 Å². The van der Waals surface area contributed by atoms with E-state index in [4.69, 9.17) is 11.0 Å². The summed E-state index contributed by atoms with van der Waals surface area (Å²) < 4.78 is 38.0. The van der Waals surface area contributed by atoms with Crippen LogP contribution in [0.3, 0.4) is 0 Å². The van der Waals surface area contributed by atoms with E-state index in [2.05, 4.69) is 0 Å². The van der Waals surface area contributed by atoms with Crippen molar-refractivity contribution in [3.63, 3.8) is 0 Å². The molecule has 2 nitrogen and oxygen atoms in total. The molecule has 2 rings (SSSR count). The van der Waals surface area contributed by atoms with Crippen molar-refractivity contribution in [1.29, 1.82) is 5.26 Å². The summed E-state index contributed by atoms with van der Waals surface area (Å²) in [5.41, 5.74) is 4.87. The smallest absolute Gasteiger partial charge is 0.399 e. The Hall–Kier alpha value is -2.13. The number of nitrogens with two attached hydrogens (primary N) is 1. The Morgan fingerprint density at radius 3 is 2.15 bits per heavy atom. The molecule has 2 aromatic rings. The van der Waals surface area contributed by atoms with Gasteiger partial charge in [-0.25, -0.2) is 0 Å². The maximum atomic E-state index is 12.7. The largest absolute Gasteiger partial charge is 0.417 e. The van der Waals surface area contributed by atoms with Crippen molar-refractivity contribution in [2.24, 2.45) is 0 Å². The zero-order valence-corrected chi connectivity index (χ0v) is 10.9. The summed E-state index contributed by atoms with van der Waals surface area (Å²) in [6, 6.07) is 12.1. The van der Waals surface area contributed by atoms with Gasteiger partial charge in [0.25, 0.3) is 0 Å². The van der Waals surface area contributed by atoms with Crippen LogP contribution in [-0.2, 0) is 6.18 Å². The molecule has 2 N–H and O–H groups in total. The molecular formula is C14H9F3N2S. The maximum absolute atomic E-state index is 12.7. The predicted octanol–water partition coefficient (Wildman–Crippen LogP) is 4.31. The third kappa shape index (κ3) is 3.25. The molecule has 0 saturated carbocycles. The lowest BCUT2D eigenvalue weighted by Crippen LogP contribution is -2.07. The van der Waals surface area contributed by atoms with Crippen LogP contribution in [0.25, 0.3) is 0 Å². The van der Waals surface area contributed by atoms with E-state index >= 15 is 0 Å². The highest BCUT2D eigenvalue weighted by molar-refractivity contribution is 7.99. The molecule has 0 spiro atoms. The Morgan fingerprint density at radius 2 is 1.60 bits per heavy atom. The fourth-order valence-corrected chi connectivity index (χ4v) is 2.46. The molecule has 0 heterocycles. The fourth-order valence-electron chi connectivity index (χ4n) is 1.60. The number of nitrogens with zero attached hydrogens (tertiary/aromatic N) is 1. The fraction of sp³-hybridized carbons (Fsp3) is 0.0714. The van der Waals surface area contributed by atoms with Gasteiger partial charge < -0.3 is 5.73 Å². The normalized spacial score (nSPS) is 11.1. The molecule has 102 valence electrons. The second-order valence-electron chi connectivity index (χ2n) is 3.99. The number of hydrogen-bond acceptors (Lipinski definition) is 3. The Labute approximate surface area is 118 Å². The first-order valence-corrected chi connectivity index (χ1v) is 6.36. The van der Waals surface area contributed by atoms with Gasteiger partial charge in [0.05, 0.1) is 17.2 Å². The quantitative estimate of drug-likeness (QED) is 0.840. The molecule has 0 unspecified atom stereocenters. The molecule has 20 heavy (non-hydrogen) atoms. The predicted molar refractivity (Wildman–Crippen MR) is 71.1 cm³/mol. The first kappa shape index (κ1) is 14.3. The molecule has 0 saturated heterocycles. The summed E-state index contributed by atoms with van der Waals surface area (Å²) >= 11 is 1.27. The van der Waals surface area contributed by atoms with Crippen LogP contribution in [0.4, 0.5) is 18.9 Å². The van der Waals surface area contributed by atoms with E-state index in [0.717, 1.165) is 11.0 Å². The first-order chi connectivity index (χ1) is 9.40. The van der Waals surface area contributed by atoms with Crippen molar-refractivity contribution in [2.45, 2.75) is 16.0 Å².